The van der Waals surface area contributed by atoms with Crippen molar-refractivity contribution in [1.29, 1.82) is 0 Å². The Morgan fingerprint density at radius 1 is 0.301 bits per heavy atom. The Kier molecular flexibility index (Phi) is 10.1. The van der Waals surface area contributed by atoms with Crippen LogP contribution in [0.4, 0.5) is 17.1 Å². The van der Waals surface area contributed by atoms with E-state index < -0.39 is 5.41 Å². The van der Waals surface area contributed by atoms with Gasteiger partial charge >= 0.3 is 0 Å². The van der Waals surface area contributed by atoms with Crippen molar-refractivity contribution in [2.24, 2.45) is 0 Å². The summed E-state index contributed by atoms with van der Waals surface area (Å²) < 4.78 is 2.39. The molecule has 14 rings (SSSR count). The van der Waals surface area contributed by atoms with Crippen molar-refractivity contribution in [1.82, 2.24) is 4.57 Å². The van der Waals surface area contributed by atoms with Crippen molar-refractivity contribution < 1.29 is 0 Å². The number of fused-ring (bicyclic) bond motifs is 7. The van der Waals surface area contributed by atoms with E-state index in [4.69, 9.17) is 0 Å². The lowest BCUT2D eigenvalue weighted by molar-refractivity contribution is 0.768. The fourth-order valence-corrected chi connectivity index (χ4v) is 12.1. The fourth-order valence-electron chi connectivity index (χ4n) is 12.1. The molecule has 0 amide bonds. The first kappa shape index (κ1) is 42.4. The van der Waals surface area contributed by atoms with Crippen molar-refractivity contribution in [3.05, 3.63) is 313 Å². The van der Waals surface area contributed by atoms with Gasteiger partial charge in [-0.3, -0.25) is 0 Å². The van der Waals surface area contributed by atoms with Gasteiger partial charge in [-0.1, -0.05) is 231 Å². The molecule has 1 aromatic heterocycles. The number of hydrogen-bond acceptors (Lipinski definition) is 1. The molecule has 0 spiro atoms. The van der Waals surface area contributed by atoms with Gasteiger partial charge in [0.1, 0.15) is 0 Å². The summed E-state index contributed by atoms with van der Waals surface area (Å²) in [6.07, 6.45) is 0. The number of aromatic nitrogens is 1. The van der Waals surface area contributed by atoms with Gasteiger partial charge in [0.15, 0.2) is 0 Å². The van der Waals surface area contributed by atoms with E-state index in [2.05, 4.69) is 301 Å². The number of anilines is 3. The van der Waals surface area contributed by atoms with Crippen LogP contribution in [0.25, 0.3) is 82.8 Å². The summed E-state index contributed by atoms with van der Waals surface area (Å²) in [6, 6.07) is 107. The van der Waals surface area contributed by atoms with Crippen LogP contribution in [0, 0.1) is 0 Å². The molecule has 0 fully saturated rings. The van der Waals surface area contributed by atoms with E-state index in [-0.39, 0.29) is 0 Å². The van der Waals surface area contributed by atoms with Crippen molar-refractivity contribution in [3.8, 4) is 50.2 Å². The normalized spacial score (nSPS) is 12.5. The Morgan fingerprint density at radius 3 is 1.49 bits per heavy atom. The van der Waals surface area contributed by atoms with Gasteiger partial charge in [-0.25, -0.2) is 0 Å². The van der Waals surface area contributed by atoms with E-state index in [1.165, 1.54) is 99.3 Å². The van der Waals surface area contributed by atoms with Crippen LogP contribution < -0.4 is 4.90 Å². The second kappa shape index (κ2) is 17.4. The summed E-state index contributed by atoms with van der Waals surface area (Å²) in [5.74, 6) is 0. The van der Waals surface area contributed by atoms with Gasteiger partial charge in [0.05, 0.1) is 16.4 Å². The third kappa shape index (κ3) is 6.79. The van der Waals surface area contributed by atoms with Gasteiger partial charge in [-0.15, -0.1) is 0 Å². The van der Waals surface area contributed by atoms with Crippen LogP contribution in [-0.2, 0) is 5.41 Å². The fraction of sp³-hybridized carbons (Fsp3) is 0.0141. The molecule has 0 saturated carbocycles. The minimum atomic E-state index is -0.598. The second-order valence-electron chi connectivity index (χ2n) is 19.1. The van der Waals surface area contributed by atoms with Crippen molar-refractivity contribution >= 4 is 49.6 Å². The highest BCUT2D eigenvalue weighted by Gasteiger charge is 2.47. The molecule has 12 aromatic carbocycles. The SMILES string of the molecule is c1ccc(-c2cccc3c2-c2ccc(N(c4ccc(-c5cccc6ccccc56)cc4)c4ccc(-c5cccc6c5c5ccccc5n6-c5ccccc5)cc4)cc2C3(c2ccccc2)c2ccccc2)cc1. The zero-order valence-electron chi connectivity index (χ0n) is 40.1. The monoisotopic (exact) mass is 928 g/mol. The summed E-state index contributed by atoms with van der Waals surface area (Å²) in [6.45, 7) is 0. The number of hydrogen-bond donors (Lipinski definition) is 0. The number of nitrogens with zero attached hydrogens (tertiary/aromatic N) is 2. The quantitative estimate of drug-likeness (QED) is 0.140. The third-order valence-electron chi connectivity index (χ3n) is 15.3. The minimum Gasteiger partial charge on any atom is -0.310 e. The van der Waals surface area contributed by atoms with Gasteiger partial charge in [-0.2, -0.15) is 0 Å². The molecule has 0 unspecified atom stereocenters. The van der Waals surface area contributed by atoms with E-state index in [0.717, 1.165) is 22.7 Å². The molecule has 0 bridgehead atoms. The molecule has 2 heteroatoms. The first-order valence-electron chi connectivity index (χ1n) is 25.3. The van der Waals surface area contributed by atoms with Crippen molar-refractivity contribution in [2.45, 2.75) is 5.41 Å². The molecule has 0 saturated heterocycles. The zero-order chi connectivity index (χ0) is 48.3. The summed E-state index contributed by atoms with van der Waals surface area (Å²) in [5.41, 5.74) is 21.0. The number of benzene rings is 12. The Morgan fingerprint density at radius 2 is 0.795 bits per heavy atom. The van der Waals surface area contributed by atoms with Gasteiger partial charge in [0.2, 0.25) is 0 Å². The smallest absolute Gasteiger partial charge is 0.0714 e. The van der Waals surface area contributed by atoms with Gasteiger partial charge in [0.25, 0.3) is 0 Å². The maximum absolute atomic E-state index is 2.48. The first-order chi connectivity index (χ1) is 36.2. The van der Waals surface area contributed by atoms with Crippen LogP contribution in [0.5, 0.6) is 0 Å². The Bertz CT molecular complexity index is 4110. The topological polar surface area (TPSA) is 8.17 Å². The highest BCUT2D eigenvalue weighted by molar-refractivity contribution is 6.16. The molecule has 342 valence electrons. The van der Waals surface area contributed by atoms with E-state index in [1.54, 1.807) is 0 Å². The third-order valence-corrected chi connectivity index (χ3v) is 15.3. The second-order valence-corrected chi connectivity index (χ2v) is 19.1. The van der Waals surface area contributed by atoms with Gasteiger partial charge in [0, 0.05) is 33.5 Å². The molecular formula is C71H48N2. The molecule has 0 atom stereocenters. The summed E-state index contributed by atoms with van der Waals surface area (Å²) >= 11 is 0. The maximum Gasteiger partial charge on any atom is 0.0714 e. The highest BCUT2D eigenvalue weighted by Crippen LogP contribution is 2.59. The molecule has 1 heterocycles. The van der Waals surface area contributed by atoms with E-state index in [1.807, 2.05) is 0 Å². The lowest BCUT2D eigenvalue weighted by Gasteiger charge is -2.35. The van der Waals surface area contributed by atoms with Crippen LogP contribution in [0.1, 0.15) is 22.3 Å². The minimum absolute atomic E-state index is 0.598. The highest BCUT2D eigenvalue weighted by atomic mass is 15.1. The summed E-state index contributed by atoms with van der Waals surface area (Å²) in [4.78, 5) is 2.45. The lowest BCUT2D eigenvalue weighted by atomic mass is 9.67. The standard InChI is InChI=1S/C71H48N2/c1-5-20-50(21-6-1)61-33-18-35-65-69(61)63-47-46-58(48-66(63)71(65,53-24-7-2-8-25-53)54-26-9-3-10-27-54)72(56-42-38-51(39-43-56)60-32-17-23-49-22-13-14-30-59(49)60)57-44-40-52(41-45-57)62-34-19-37-68-70(62)64-31-15-16-36-67(64)73(68)55-28-11-4-12-29-55/h1-48H. The predicted molar refractivity (Wildman–Crippen MR) is 307 cm³/mol. The predicted octanol–water partition coefficient (Wildman–Crippen LogP) is 18.8. The maximum atomic E-state index is 2.48. The first-order valence-corrected chi connectivity index (χ1v) is 25.3. The van der Waals surface area contributed by atoms with Crippen molar-refractivity contribution in [2.75, 3.05) is 4.90 Å². The lowest BCUT2D eigenvalue weighted by Crippen LogP contribution is -2.28. The number of para-hydroxylation sites is 2. The Hall–Kier alpha value is -9.50. The molecule has 1 aliphatic rings. The largest absolute Gasteiger partial charge is 0.310 e. The van der Waals surface area contributed by atoms with Crippen LogP contribution in [0.2, 0.25) is 0 Å². The van der Waals surface area contributed by atoms with E-state index in [0.29, 0.717) is 0 Å². The average molecular weight is 929 g/mol. The molecular weight excluding hydrogens is 881 g/mol. The number of rotatable bonds is 9. The van der Waals surface area contributed by atoms with Crippen molar-refractivity contribution in [3.63, 3.8) is 0 Å². The molecule has 0 radical (unpaired) electrons. The van der Waals surface area contributed by atoms with Gasteiger partial charge in [-0.05, 0) is 138 Å². The molecule has 73 heavy (non-hydrogen) atoms. The molecule has 13 aromatic rings. The summed E-state index contributed by atoms with van der Waals surface area (Å²) in [7, 11) is 0. The van der Waals surface area contributed by atoms with E-state index >= 15 is 0 Å². The van der Waals surface area contributed by atoms with Gasteiger partial charge < -0.3 is 9.47 Å². The molecule has 0 N–H and O–H groups in total. The van der Waals surface area contributed by atoms with Crippen LogP contribution in [0.15, 0.2) is 291 Å². The molecule has 1 aliphatic carbocycles. The molecule has 0 aliphatic heterocycles. The van der Waals surface area contributed by atoms with Crippen LogP contribution >= 0.6 is 0 Å². The Labute approximate surface area is 426 Å². The van der Waals surface area contributed by atoms with E-state index in [9.17, 15) is 0 Å². The molecule has 2 nitrogen and oxygen atoms in total. The van der Waals surface area contributed by atoms with Crippen LogP contribution in [-0.4, -0.2) is 4.57 Å². The van der Waals surface area contributed by atoms with Crippen LogP contribution in [0.3, 0.4) is 0 Å². The zero-order valence-corrected chi connectivity index (χ0v) is 40.1. The summed E-state index contributed by atoms with van der Waals surface area (Å²) in [5, 5.41) is 4.98. The average Bonchev–Trinajstić information content (AvgIpc) is 3.97. The Balaban J connectivity index is 0.978.